The highest BCUT2D eigenvalue weighted by molar-refractivity contribution is 4.84. The van der Waals surface area contributed by atoms with E-state index in [1.807, 2.05) is 0 Å². The minimum atomic E-state index is 0.213. The highest BCUT2D eigenvalue weighted by Gasteiger charge is 2.30. The molecule has 0 amide bonds. The van der Waals surface area contributed by atoms with Crippen molar-refractivity contribution in [2.45, 2.75) is 59.1 Å². The molecular formula is C15H31NO2. The van der Waals surface area contributed by atoms with Gasteiger partial charge in [-0.05, 0) is 37.0 Å². The molecule has 1 aliphatic carbocycles. The first-order chi connectivity index (χ1) is 8.50. The smallest absolute Gasteiger partial charge is 0.0729 e. The zero-order valence-corrected chi connectivity index (χ0v) is 12.5. The van der Waals surface area contributed by atoms with Crippen LogP contribution in [-0.4, -0.2) is 32.0 Å². The van der Waals surface area contributed by atoms with E-state index < -0.39 is 0 Å². The van der Waals surface area contributed by atoms with Crippen LogP contribution in [0.25, 0.3) is 0 Å². The summed E-state index contributed by atoms with van der Waals surface area (Å²) in [6.07, 6.45) is 3.69. The lowest BCUT2D eigenvalue weighted by molar-refractivity contribution is -0.0364. The molecule has 1 aliphatic rings. The van der Waals surface area contributed by atoms with Crippen molar-refractivity contribution < 1.29 is 9.47 Å². The Morgan fingerprint density at radius 3 is 2.44 bits per heavy atom. The van der Waals surface area contributed by atoms with Crippen LogP contribution < -0.4 is 5.73 Å². The van der Waals surface area contributed by atoms with Gasteiger partial charge in [0, 0.05) is 12.6 Å². The molecule has 1 fully saturated rings. The van der Waals surface area contributed by atoms with Crippen LogP contribution in [0.3, 0.4) is 0 Å². The predicted octanol–water partition coefficient (Wildman–Crippen LogP) is 2.83. The van der Waals surface area contributed by atoms with Crippen LogP contribution in [-0.2, 0) is 9.47 Å². The molecule has 1 rings (SSSR count). The third kappa shape index (κ3) is 5.68. The Bertz CT molecular complexity index is 219. The lowest BCUT2D eigenvalue weighted by atomic mass is 9.78. The van der Waals surface area contributed by atoms with Crippen molar-refractivity contribution in [3.05, 3.63) is 0 Å². The molecule has 0 bridgehead atoms. The molecule has 0 aliphatic heterocycles. The third-order valence-corrected chi connectivity index (χ3v) is 3.84. The number of hydrogen-bond donors (Lipinski definition) is 1. The average molecular weight is 257 g/mol. The summed E-state index contributed by atoms with van der Waals surface area (Å²) in [4.78, 5) is 0. The quantitative estimate of drug-likeness (QED) is 0.713. The third-order valence-electron chi connectivity index (χ3n) is 3.84. The van der Waals surface area contributed by atoms with Gasteiger partial charge in [0.25, 0.3) is 0 Å². The van der Waals surface area contributed by atoms with Gasteiger partial charge in [0.15, 0.2) is 0 Å². The summed E-state index contributed by atoms with van der Waals surface area (Å²) in [5.41, 5.74) is 6.14. The summed E-state index contributed by atoms with van der Waals surface area (Å²) in [6, 6.07) is 0.213. The Morgan fingerprint density at radius 2 is 1.83 bits per heavy atom. The van der Waals surface area contributed by atoms with Crippen LogP contribution in [0.5, 0.6) is 0 Å². The fourth-order valence-electron chi connectivity index (χ4n) is 2.56. The van der Waals surface area contributed by atoms with Crippen LogP contribution in [0.1, 0.15) is 47.0 Å². The van der Waals surface area contributed by atoms with Crippen molar-refractivity contribution in [3.8, 4) is 0 Å². The van der Waals surface area contributed by atoms with Crippen LogP contribution in [0, 0.1) is 17.8 Å². The van der Waals surface area contributed by atoms with Crippen molar-refractivity contribution in [3.63, 3.8) is 0 Å². The van der Waals surface area contributed by atoms with E-state index in [2.05, 4.69) is 27.7 Å². The van der Waals surface area contributed by atoms with E-state index in [1.165, 1.54) is 6.42 Å². The minimum absolute atomic E-state index is 0.213. The molecule has 0 radical (unpaired) electrons. The second kappa shape index (κ2) is 8.13. The van der Waals surface area contributed by atoms with E-state index in [4.69, 9.17) is 15.2 Å². The van der Waals surface area contributed by atoms with Crippen molar-refractivity contribution in [2.75, 3.05) is 19.8 Å². The SMILES string of the molecule is CC(C)COCCOC1CC(C(C)C)CCC1N. The van der Waals surface area contributed by atoms with Gasteiger partial charge in [-0.1, -0.05) is 27.7 Å². The first kappa shape index (κ1) is 15.9. The minimum Gasteiger partial charge on any atom is -0.379 e. The summed E-state index contributed by atoms with van der Waals surface area (Å²) in [5, 5.41) is 0. The molecule has 3 unspecified atom stereocenters. The van der Waals surface area contributed by atoms with E-state index in [0.29, 0.717) is 19.1 Å². The van der Waals surface area contributed by atoms with Gasteiger partial charge in [-0.3, -0.25) is 0 Å². The summed E-state index contributed by atoms with van der Waals surface area (Å²) < 4.78 is 11.4. The molecule has 3 nitrogen and oxygen atoms in total. The second-order valence-electron chi connectivity index (χ2n) is 6.36. The maximum atomic E-state index is 6.14. The normalized spacial score (nSPS) is 29.2. The lowest BCUT2D eigenvalue weighted by Crippen LogP contribution is -2.43. The molecular weight excluding hydrogens is 226 g/mol. The van der Waals surface area contributed by atoms with Gasteiger partial charge in [-0.25, -0.2) is 0 Å². The molecule has 0 spiro atoms. The zero-order valence-electron chi connectivity index (χ0n) is 12.5. The first-order valence-corrected chi connectivity index (χ1v) is 7.45. The molecule has 0 saturated heterocycles. The molecule has 0 heterocycles. The van der Waals surface area contributed by atoms with E-state index >= 15 is 0 Å². The van der Waals surface area contributed by atoms with Crippen LogP contribution in [0.4, 0.5) is 0 Å². The van der Waals surface area contributed by atoms with Gasteiger partial charge in [-0.15, -0.1) is 0 Å². The molecule has 0 aromatic carbocycles. The van der Waals surface area contributed by atoms with E-state index in [1.54, 1.807) is 0 Å². The Kier molecular flexibility index (Phi) is 7.20. The van der Waals surface area contributed by atoms with E-state index in [9.17, 15) is 0 Å². The van der Waals surface area contributed by atoms with Crippen LogP contribution >= 0.6 is 0 Å². The fraction of sp³-hybridized carbons (Fsp3) is 1.00. The van der Waals surface area contributed by atoms with Crippen molar-refractivity contribution in [1.29, 1.82) is 0 Å². The Hall–Kier alpha value is -0.120. The number of hydrogen-bond acceptors (Lipinski definition) is 3. The average Bonchev–Trinajstić information content (AvgIpc) is 2.30. The standard InChI is InChI=1S/C15H31NO2/c1-11(2)10-17-7-8-18-15-9-13(12(3)4)5-6-14(15)16/h11-15H,5-10,16H2,1-4H3. The van der Waals surface area contributed by atoms with Gasteiger partial charge >= 0.3 is 0 Å². The van der Waals surface area contributed by atoms with Gasteiger partial charge < -0.3 is 15.2 Å². The zero-order chi connectivity index (χ0) is 13.5. The van der Waals surface area contributed by atoms with Gasteiger partial charge in [-0.2, -0.15) is 0 Å². The van der Waals surface area contributed by atoms with Crippen LogP contribution in [0.15, 0.2) is 0 Å². The Morgan fingerprint density at radius 1 is 1.11 bits per heavy atom. The van der Waals surface area contributed by atoms with E-state index in [0.717, 1.165) is 31.3 Å². The molecule has 1 saturated carbocycles. The molecule has 0 aromatic rings. The molecule has 18 heavy (non-hydrogen) atoms. The van der Waals surface area contributed by atoms with Crippen LogP contribution in [0.2, 0.25) is 0 Å². The largest absolute Gasteiger partial charge is 0.379 e. The summed E-state index contributed by atoms with van der Waals surface area (Å²) in [6.45, 7) is 11.1. The molecule has 3 atom stereocenters. The monoisotopic (exact) mass is 257 g/mol. The molecule has 108 valence electrons. The van der Waals surface area contributed by atoms with Crippen molar-refractivity contribution in [1.82, 2.24) is 0 Å². The lowest BCUT2D eigenvalue weighted by Gasteiger charge is -2.35. The van der Waals surface area contributed by atoms with Crippen molar-refractivity contribution in [2.24, 2.45) is 23.5 Å². The molecule has 2 N–H and O–H groups in total. The summed E-state index contributed by atoms with van der Waals surface area (Å²) in [7, 11) is 0. The van der Waals surface area contributed by atoms with Gasteiger partial charge in [0.2, 0.25) is 0 Å². The topological polar surface area (TPSA) is 44.5 Å². The van der Waals surface area contributed by atoms with Crippen molar-refractivity contribution >= 4 is 0 Å². The maximum absolute atomic E-state index is 6.14. The van der Waals surface area contributed by atoms with Gasteiger partial charge in [0.05, 0.1) is 19.3 Å². The van der Waals surface area contributed by atoms with Gasteiger partial charge in [0.1, 0.15) is 0 Å². The van der Waals surface area contributed by atoms with E-state index in [-0.39, 0.29) is 12.1 Å². The first-order valence-electron chi connectivity index (χ1n) is 7.45. The fourth-order valence-corrected chi connectivity index (χ4v) is 2.56. The maximum Gasteiger partial charge on any atom is 0.0729 e. The predicted molar refractivity (Wildman–Crippen MR) is 75.6 cm³/mol. The Balaban J connectivity index is 2.18. The second-order valence-corrected chi connectivity index (χ2v) is 6.36. The summed E-state index contributed by atoms with van der Waals surface area (Å²) >= 11 is 0. The molecule has 3 heteroatoms. The number of nitrogens with two attached hydrogens (primary N) is 1. The highest BCUT2D eigenvalue weighted by Crippen LogP contribution is 2.30. The number of ether oxygens (including phenoxy) is 2. The highest BCUT2D eigenvalue weighted by atomic mass is 16.5. The number of rotatable bonds is 7. The molecule has 0 aromatic heterocycles. The summed E-state index contributed by atoms with van der Waals surface area (Å²) in [5.74, 6) is 2.10. The Labute approximate surface area is 112 Å².